The van der Waals surface area contributed by atoms with E-state index < -0.39 is 43.3 Å². The Morgan fingerprint density at radius 1 is 0.970 bits per heavy atom. The molecule has 0 amide bonds. The lowest BCUT2D eigenvalue weighted by atomic mass is 9.99. The van der Waals surface area contributed by atoms with Crippen LogP contribution in [0.2, 0.25) is 0 Å². The van der Waals surface area contributed by atoms with Gasteiger partial charge in [-0.3, -0.25) is 0 Å². The molecule has 0 saturated carbocycles. The number of rotatable bonds is 8. The molecule has 1 aliphatic heterocycles. The molecule has 11 nitrogen and oxygen atoms in total. The molecule has 5 N–H and O–H groups in total. The molecule has 1 heterocycles. The van der Waals surface area contributed by atoms with Crippen LogP contribution in [0.3, 0.4) is 0 Å². The normalized spacial score (nSPS) is 24.7. The second-order valence-electron chi connectivity index (χ2n) is 7.19. The van der Waals surface area contributed by atoms with E-state index in [1.807, 2.05) is 0 Å². The van der Waals surface area contributed by atoms with Crippen LogP contribution in [0.15, 0.2) is 36.4 Å². The van der Waals surface area contributed by atoms with Crippen molar-refractivity contribution in [2.45, 2.75) is 37.3 Å². The molecule has 3 rings (SSSR count). The van der Waals surface area contributed by atoms with Crippen LogP contribution in [0, 0.1) is 0 Å². The van der Waals surface area contributed by atoms with Crippen molar-refractivity contribution in [1.82, 2.24) is 0 Å². The zero-order valence-corrected chi connectivity index (χ0v) is 18.0. The number of phenols is 1. The molecule has 0 aliphatic carbocycles. The summed E-state index contributed by atoms with van der Waals surface area (Å²) in [5.41, 5.74) is 0.285. The fourth-order valence-electron chi connectivity index (χ4n) is 3.37. The van der Waals surface area contributed by atoms with E-state index in [1.54, 1.807) is 18.2 Å². The Labute approximate surface area is 189 Å². The molecule has 1 saturated heterocycles. The number of aromatic hydroxyl groups is 1. The maximum absolute atomic E-state index is 12.8. The quantitative estimate of drug-likeness (QED) is 0.331. The first-order valence-corrected chi connectivity index (χ1v) is 9.98. The molecule has 5 atom stereocenters. The van der Waals surface area contributed by atoms with E-state index in [0.29, 0.717) is 5.56 Å². The SMILES string of the molecule is COc1ccc(O)c(OC)c1C(=O)OCc1ccccc1O[C@H]1O[C@H](CO)[C@@H](O)[C@H](O)[C@H]1O. The number of aliphatic hydroxyl groups excluding tert-OH is 4. The monoisotopic (exact) mass is 466 g/mol. The van der Waals surface area contributed by atoms with Gasteiger partial charge in [0.25, 0.3) is 0 Å². The fraction of sp³-hybridized carbons (Fsp3) is 0.409. The lowest BCUT2D eigenvalue weighted by Crippen LogP contribution is -2.60. The van der Waals surface area contributed by atoms with Gasteiger partial charge in [0, 0.05) is 5.56 Å². The standard InChI is InChI=1S/C22H26O11/c1-29-14-8-7-12(24)20(30-2)16(14)21(28)31-10-11-5-3-4-6-13(11)32-22-19(27)18(26)17(25)15(9-23)33-22/h3-8,15,17-19,22-27H,9-10H2,1-2H3/t15-,17-,18+,19-,22+/m1/s1. The molecule has 0 spiro atoms. The van der Waals surface area contributed by atoms with E-state index in [0.717, 1.165) is 0 Å². The number of carbonyl (C=O) groups is 1. The molecular weight excluding hydrogens is 440 g/mol. The molecule has 11 heteroatoms. The molecule has 2 aromatic carbocycles. The summed E-state index contributed by atoms with van der Waals surface area (Å²) in [4.78, 5) is 12.8. The summed E-state index contributed by atoms with van der Waals surface area (Å²) in [6.45, 7) is -0.869. The summed E-state index contributed by atoms with van der Waals surface area (Å²) in [7, 11) is 2.64. The number of esters is 1. The van der Waals surface area contributed by atoms with Gasteiger partial charge in [0.2, 0.25) is 6.29 Å². The zero-order valence-electron chi connectivity index (χ0n) is 18.0. The molecule has 0 unspecified atom stereocenters. The van der Waals surface area contributed by atoms with Crippen molar-refractivity contribution >= 4 is 5.97 Å². The molecule has 1 fully saturated rings. The van der Waals surface area contributed by atoms with Crippen molar-refractivity contribution in [2.24, 2.45) is 0 Å². The Balaban J connectivity index is 1.77. The summed E-state index contributed by atoms with van der Waals surface area (Å²) in [5.74, 6) is -0.894. The Kier molecular flexibility index (Phi) is 7.95. The van der Waals surface area contributed by atoms with Gasteiger partial charge in [0.05, 0.1) is 20.8 Å². The Morgan fingerprint density at radius 3 is 2.36 bits per heavy atom. The van der Waals surface area contributed by atoms with Crippen LogP contribution in [-0.2, 0) is 16.1 Å². The maximum Gasteiger partial charge on any atom is 0.346 e. The highest BCUT2D eigenvalue weighted by atomic mass is 16.7. The summed E-state index contributed by atoms with van der Waals surface area (Å²) in [6.07, 6.45) is -7.25. The van der Waals surface area contributed by atoms with E-state index in [-0.39, 0.29) is 35.2 Å². The number of hydrogen-bond donors (Lipinski definition) is 5. The third kappa shape index (κ3) is 5.13. The van der Waals surface area contributed by atoms with Gasteiger partial charge in [-0.15, -0.1) is 0 Å². The molecule has 1 aliphatic rings. The third-order valence-electron chi connectivity index (χ3n) is 5.15. The first-order chi connectivity index (χ1) is 15.8. The number of para-hydroxylation sites is 1. The van der Waals surface area contributed by atoms with Crippen LogP contribution in [0.4, 0.5) is 0 Å². The number of methoxy groups -OCH3 is 2. The van der Waals surface area contributed by atoms with E-state index in [9.17, 15) is 30.3 Å². The molecule has 0 bridgehead atoms. The van der Waals surface area contributed by atoms with Gasteiger partial charge in [-0.05, 0) is 18.2 Å². The molecule has 2 aromatic rings. The number of aliphatic hydroxyl groups is 4. The second-order valence-corrected chi connectivity index (χ2v) is 7.19. The lowest BCUT2D eigenvalue weighted by molar-refractivity contribution is -0.277. The van der Waals surface area contributed by atoms with Crippen LogP contribution < -0.4 is 14.2 Å². The molecule has 0 radical (unpaired) electrons. The highest BCUT2D eigenvalue weighted by Gasteiger charge is 2.44. The largest absolute Gasteiger partial charge is 0.504 e. The smallest absolute Gasteiger partial charge is 0.346 e. The minimum atomic E-state index is -1.60. The number of benzene rings is 2. The van der Waals surface area contributed by atoms with Crippen molar-refractivity contribution < 1.29 is 54.0 Å². The Morgan fingerprint density at radius 2 is 1.70 bits per heavy atom. The van der Waals surface area contributed by atoms with Gasteiger partial charge in [-0.25, -0.2) is 4.79 Å². The average molecular weight is 466 g/mol. The first-order valence-electron chi connectivity index (χ1n) is 9.98. The van der Waals surface area contributed by atoms with E-state index >= 15 is 0 Å². The van der Waals surface area contributed by atoms with Gasteiger partial charge in [-0.1, -0.05) is 18.2 Å². The highest BCUT2D eigenvalue weighted by Crippen LogP contribution is 2.37. The second kappa shape index (κ2) is 10.7. The van der Waals surface area contributed by atoms with Gasteiger partial charge < -0.3 is 49.2 Å². The topological polar surface area (TPSA) is 164 Å². The Bertz CT molecular complexity index is 961. The molecule has 0 aromatic heterocycles. The van der Waals surface area contributed by atoms with Crippen molar-refractivity contribution in [1.29, 1.82) is 0 Å². The minimum absolute atomic E-state index is 0.104. The zero-order chi connectivity index (χ0) is 24.1. The van der Waals surface area contributed by atoms with Gasteiger partial charge >= 0.3 is 5.97 Å². The van der Waals surface area contributed by atoms with Crippen LogP contribution in [0.1, 0.15) is 15.9 Å². The third-order valence-corrected chi connectivity index (χ3v) is 5.15. The molecule has 33 heavy (non-hydrogen) atoms. The summed E-state index contributed by atoms with van der Waals surface area (Å²) >= 11 is 0. The number of ether oxygens (including phenoxy) is 5. The van der Waals surface area contributed by atoms with Crippen LogP contribution in [0.25, 0.3) is 0 Å². The van der Waals surface area contributed by atoms with Crippen molar-refractivity contribution in [2.75, 3.05) is 20.8 Å². The van der Waals surface area contributed by atoms with E-state index in [4.69, 9.17) is 23.7 Å². The Hall–Kier alpha value is -3.09. The highest BCUT2D eigenvalue weighted by molar-refractivity contribution is 5.96. The fourth-order valence-corrected chi connectivity index (χ4v) is 3.37. The lowest BCUT2D eigenvalue weighted by Gasteiger charge is -2.39. The van der Waals surface area contributed by atoms with E-state index in [2.05, 4.69) is 0 Å². The number of phenolic OH excluding ortho intramolecular Hbond substituents is 1. The predicted molar refractivity (Wildman–Crippen MR) is 111 cm³/mol. The number of hydrogen-bond acceptors (Lipinski definition) is 11. The van der Waals surface area contributed by atoms with Gasteiger partial charge in [0.15, 0.2) is 11.5 Å². The van der Waals surface area contributed by atoms with Gasteiger partial charge in [0.1, 0.15) is 48.1 Å². The first kappa shape index (κ1) is 24.6. The predicted octanol–water partition coefficient (Wildman–Crippen LogP) is -0.0549. The summed E-state index contributed by atoms with van der Waals surface area (Å²) < 4.78 is 26.7. The molecule has 180 valence electrons. The van der Waals surface area contributed by atoms with Crippen molar-refractivity contribution in [3.8, 4) is 23.0 Å². The minimum Gasteiger partial charge on any atom is -0.504 e. The average Bonchev–Trinajstić information content (AvgIpc) is 2.83. The van der Waals surface area contributed by atoms with Crippen molar-refractivity contribution in [3.05, 3.63) is 47.5 Å². The van der Waals surface area contributed by atoms with Crippen LogP contribution in [0.5, 0.6) is 23.0 Å². The maximum atomic E-state index is 12.8. The molecular formula is C22H26O11. The van der Waals surface area contributed by atoms with E-state index in [1.165, 1.54) is 32.4 Å². The van der Waals surface area contributed by atoms with Crippen LogP contribution in [-0.4, -0.2) is 83.0 Å². The van der Waals surface area contributed by atoms with Gasteiger partial charge in [-0.2, -0.15) is 0 Å². The summed E-state index contributed by atoms with van der Waals surface area (Å²) in [6, 6.07) is 9.14. The van der Waals surface area contributed by atoms with Crippen molar-refractivity contribution in [3.63, 3.8) is 0 Å². The van der Waals surface area contributed by atoms with Crippen LogP contribution >= 0.6 is 0 Å². The summed E-state index contributed by atoms with van der Waals surface area (Å²) in [5, 5.41) is 49.4. The number of carbonyl (C=O) groups excluding carboxylic acids is 1.